The number of amides is 1. The van der Waals surface area contributed by atoms with E-state index < -0.39 is 0 Å². The molecule has 0 aliphatic carbocycles. The summed E-state index contributed by atoms with van der Waals surface area (Å²) in [5.41, 5.74) is 2.33. The molecule has 0 aliphatic heterocycles. The van der Waals surface area contributed by atoms with E-state index in [4.69, 9.17) is 11.6 Å². The Balaban J connectivity index is 1.54. The van der Waals surface area contributed by atoms with Crippen molar-refractivity contribution in [3.05, 3.63) is 69.6 Å². The molecule has 0 saturated heterocycles. The molecule has 116 valence electrons. The van der Waals surface area contributed by atoms with Crippen molar-refractivity contribution in [3.8, 4) is 11.4 Å². The van der Waals surface area contributed by atoms with Crippen molar-refractivity contribution in [1.82, 2.24) is 15.3 Å². The molecule has 0 radical (unpaired) electrons. The zero-order chi connectivity index (χ0) is 16.1. The number of nitrogens with one attached hydrogen (secondary N) is 1. The second-order valence-electron chi connectivity index (χ2n) is 4.85. The van der Waals surface area contributed by atoms with Gasteiger partial charge in [-0.25, -0.2) is 4.98 Å². The first-order valence-electron chi connectivity index (χ1n) is 7.12. The van der Waals surface area contributed by atoms with Crippen LogP contribution in [0.5, 0.6) is 0 Å². The first-order valence-corrected chi connectivity index (χ1v) is 8.38. The van der Waals surface area contributed by atoms with Gasteiger partial charge in [-0.2, -0.15) is 0 Å². The molecule has 2 aromatic heterocycles. The van der Waals surface area contributed by atoms with Gasteiger partial charge in [0.15, 0.2) is 0 Å². The molecule has 23 heavy (non-hydrogen) atoms. The number of rotatable bonds is 5. The third kappa shape index (κ3) is 4.15. The first-order chi connectivity index (χ1) is 11.2. The number of nitrogens with zero attached hydrogens (tertiary/aromatic N) is 2. The summed E-state index contributed by atoms with van der Waals surface area (Å²) in [5, 5.41) is 6.46. The van der Waals surface area contributed by atoms with Gasteiger partial charge in [0, 0.05) is 35.1 Å². The molecular weight excluding hydrogens is 330 g/mol. The Morgan fingerprint density at radius 2 is 1.96 bits per heavy atom. The van der Waals surface area contributed by atoms with Gasteiger partial charge in [0.1, 0.15) is 0 Å². The minimum atomic E-state index is -0.108. The largest absolute Gasteiger partial charge is 0.352 e. The summed E-state index contributed by atoms with van der Waals surface area (Å²) in [7, 11) is 0. The minimum absolute atomic E-state index is 0.108. The fourth-order valence-corrected chi connectivity index (χ4v) is 2.96. The molecule has 3 rings (SSSR count). The number of benzene rings is 1. The number of halogens is 1. The predicted octanol–water partition coefficient (Wildman–Crippen LogP) is 3.83. The lowest BCUT2D eigenvalue weighted by Crippen LogP contribution is -2.25. The summed E-state index contributed by atoms with van der Waals surface area (Å²) in [6.45, 7) is 0.538. The molecule has 0 fully saturated rings. The summed E-state index contributed by atoms with van der Waals surface area (Å²) < 4.78 is 0. The Morgan fingerprint density at radius 3 is 2.70 bits per heavy atom. The summed E-state index contributed by atoms with van der Waals surface area (Å²) in [6, 6.07) is 12.6. The second-order valence-corrected chi connectivity index (χ2v) is 6.23. The van der Waals surface area contributed by atoms with E-state index in [1.54, 1.807) is 41.8 Å². The van der Waals surface area contributed by atoms with Crippen LogP contribution in [0.3, 0.4) is 0 Å². The van der Waals surface area contributed by atoms with Crippen LogP contribution >= 0.6 is 22.9 Å². The smallest absolute Gasteiger partial charge is 0.251 e. The quantitative estimate of drug-likeness (QED) is 0.766. The Hall–Kier alpha value is -2.24. The Morgan fingerprint density at radius 1 is 1.13 bits per heavy atom. The number of carbonyl (C=O) groups excluding carboxylic acids is 1. The molecule has 1 amide bonds. The van der Waals surface area contributed by atoms with E-state index >= 15 is 0 Å². The lowest BCUT2D eigenvalue weighted by atomic mass is 10.2. The third-order valence-corrected chi connectivity index (χ3v) is 4.37. The van der Waals surface area contributed by atoms with Gasteiger partial charge in [-0.15, -0.1) is 11.3 Å². The molecule has 0 unspecified atom stereocenters. The molecule has 0 aliphatic rings. The fraction of sp³-hybridized carbons (Fsp3) is 0.118. The molecule has 3 aromatic rings. The van der Waals surface area contributed by atoms with Gasteiger partial charge in [-0.05, 0) is 36.4 Å². The van der Waals surface area contributed by atoms with Gasteiger partial charge >= 0.3 is 0 Å². The molecule has 1 aromatic carbocycles. The molecule has 0 bridgehead atoms. The Labute approximate surface area is 143 Å². The highest BCUT2D eigenvalue weighted by Gasteiger charge is 2.07. The average Bonchev–Trinajstić information content (AvgIpc) is 3.05. The number of thiazole rings is 1. The van der Waals surface area contributed by atoms with Crippen LogP contribution < -0.4 is 5.32 Å². The zero-order valence-electron chi connectivity index (χ0n) is 12.2. The van der Waals surface area contributed by atoms with Crippen molar-refractivity contribution in [2.24, 2.45) is 0 Å². The zero-order valence-corrected chi connectivity index (χ0v) is 13.8. The van der Waals surface area contributed by atoms with Crippen molar-refractivity contribution in [3.63, 3.8) is 0 Å². The van der Waals surface area contributed by atoms with E-state index in [0.717, 1.165) is 16.4 Å². The molecule has 6 heteroatoms. The van der Waals surface area contributed by atoms with Gasteiger partial charge in [-0.3, -0.25) is 9.78 Å². The van der Waals surface area contributed by atoms with E-state index in [0.29, 0.717) is 23.6 Å². The van der Waals surface area contributed by atoms with Crippen molar-refractivity contribution in [2.75, 3.05) is 6.54 Å². The summed E-state index contributed by atoms with van der Waals surface area (Å²) in [6.07, 6.45) is 2.44. The Kier molecular flexibility index (Phi) is 5.00. The maximum atomic E-state index is 12.0. The van der Waals surface area contributed by atoms with Gasteiger partial charge in [-0.1, -0.05) is 17.7 Å². The predicted molar refractivity (Wildman–Crippen MR) is 92.8 cm³/mol. The SMILES string of the molecule is O=C(NCCc1nc(-c2ccccn2)cs1)c1ccc(Cl)cc1. The van der Waals surface area contributed by atoms with Crippen LogP contribution in [0, 0.1) is 0 Å². The van der Waals surface area contributed by atoms with Crippen LogP contribution in [0.1, 0.15) is 15.4 Å². The molecule has 2 heterocycles. The van der Waals surface area contributed by atoms with Gasteiger partial charge < -0.3 is 5.32 Å². The van der Waals surface area contributed by atoms with Crippen molar-refractivity contribution in [1.29, 1.82) is 0 Å². The molecule has 4 nitrogen and oxygen atoms in total. The number of carbonyl (C=O) groups is 1. The standard InChI is InChI=1S/C17H14ClN3OS/c18-13-6-4-12(5-7-13)17(22)20-10-8-16-21-15(11-23-16)14-3-1-2-9-19-14/h1-7,9,11H,8,10H2,(H,20,22). The maximum absolute atomic E-state index is 12.0. The lowest BCUT2D eigenvalue weighted by Gasteiger charge is -2.04. The molecule has 0 saturated carbocycles. The first kappa shape index (κ1) is 15.6. The third-order valence-electron chi connectivity index (χ3n) is 3.21. The normalized spacial score (nSPS) is 10.5. The minimum Gasteiger partial charge on any atom is -0.352 e. The second kappa shape index (κ2) is 7.35. The monoisotopic (exact) mass is 343 g/mol. The number of hydrogen-bond acceptors (Lipinski definition) is 4. The topological polar surface area (TPSA) is 54.9 Å². The van der Waals surface area contributed by atoms with Crippen LogP contribution in [0.4, 0.5) is 0 Å². The highest BCUT2D eigenvalue weighted by Crippen LogP contribution is 2.19. The van der Waals surface area contributed by atoms with E-state index in [2.05, 4.69) is 15.3 Å². The summed E-state index contributed by atoms with van der Waals surface area (Å²) in [4.78, 5) is 20.8. The van der Waals surface area contributed by atoms with Gasteiger partial charge in [0.05, 0.1) is 16.4 Å². The van der Waals surface area contributed by atoms with Gasteiger partial charge in [0.25, 0.3) is 5.91 Å². The lowest BCUT2D eigenvalue weighted by molar-refractivity contribution is 0.0954. The maximum Gasteiger partial charge on any atom is 0.251 e. The average molecular weight is 344 g/mol. The highest BCUT2D eigenvalue weighted by atomic mass is 35.5. The van der Waals surface area contributed by atoms with E-state index in [9.17, 15) is 4.79 Å². The van der Waals surface area contributed by atoms with Crippen LogP contribution in [0.15, 0.2) is 54.0 Å². The van der Waals surface area contributed by atoms with E-state index in [-0.39, 0.29) is 5.91 Å². The van der Waals surface area contributed by atoms with Crippen molar-refractivity contribution < 1.29 is 4.79 Å². The highest BCUT2D eigenvalue weighted by molar-refractivity contribution is 7.09. The molecule has 0 atom stereocenters. The van der Waals surface area contributed by atoms with E-state index in [1.165, 1.54) is 0 Å². The van der Waals surface area contributed by atoms with Crippen LogP contribution in [-0.4, -0.2) is 22.4 Å². The van der Waals surface area contributed by atoms with Crippen LogP contribution in [-0.2, 0) is 6.42 Å². The molecule has 0 spiro atoms. The van der Waals surface area contributed by atoms with Crippen molar-refractivity contribution in [2.45, 2.75) is 6.42 Å². The van der Waals surface area contributed by atoms with Crippen molar-refractivity contribution >= 4 is 28.8 Å². The number of hydrogen-bond donors (Lipinski definition) is 1. The van der Waals surface area contributed by atoms with E-state index in [1.807, 2.05) is 23.6 Å². The fourth-order valence-electron chi connectivity index (χ4n) is 2.04. The molecule has 1 N–H and O–H groups in total. The molecular formula is C17H14ClN3OS. The van der Waals surface area contributed by atoms with Crippen LogP contribution in [0.25, 0.3) is 11.4 Å². The number of aromatic nitrogens is 2. The summed E-state index contributed by atoms with van der Waals surface area (Å²) in [5.74, 6) is -0.108. The number of pyridine rings is 1. The van der Waals surface area contributed by atoms with Crippen LogP contribution in [0.2, 0.25) is 5.02 Å². The Bertz CT molecular complexity index is 787. The summed E-state index contributed by atoms with van der Waals surface area (Å²) >= 11 is 7.38. The van der Waals surface area contributed by atoms with Gasteiger partial charge in [0.2, 0.25) is 0 Å².